The molecular formula is C15H24ClNO4. The minimum absolute atomic E-state index is 0. The van der Waals surface area contributed by atoms with Crippen LogP contribution in [0.25, 0.3) is 0 Å². The first-order valence-corrected chi connectivity index (χ1v) is 6.93. The molecule has 0 spiro atoms. The Balaban J connectivity index is 0.00000400. The molecule has 0 heterocycles. The number of esters is 1. The lowest BCUT2D eigenvalue weighted by Crippen LogP contribution is -2.34. The first kappa shape index (κ1) is 19.5. The fourth-order valence-corrected chi connectivity index (χ4v) is 1.81. The van der Waals surface area contributed by atoms with Crippen LogP contribution in [0.5, 0.6) is 11.5 Å². The molecule has 1 aromatic carbocycles. The summed E-state index contributed by atoms with van der Waals surface area (Å²) in [4.78, 5) is 11.5. The number of rotatable bonds is 8. The predicted octanol–water partition coefficient (Wildman–Crippen LogP) is 2.34. The van der Waals surface area contributed by atoms with E-state index >= 15 is 0 Å². The molecule has 0 radical (unpaired) electrons. The lowest BCUT2D eigenvalue weighted by atomic mass is 10.1. The second kappa shape index (κ2) is 10.3. The Morgan fingerprint density at radius 2 is 1.71 bits per heavy atom. The van der Waals surface area contributed by atoms with Gasteiger partial charge in [-0.3, -0.25) is 4.79 Å². The third-order valence-corrected chi connectivity index (χ3v) is 2.65. The Morgan fingerprint density at radius 1 is 1.10 bits per heavy atom. The van der Waals surface area contributed by atoms with Crippen LogP contribution < -0.4 is 15.2 Å². The van der Waals surface area contributed by atoms with E-state index in [-0.39, 0.29) is 18.4 Å². The fraction of sp³-hybridized carbons (Fsp3) is 0.533. The van der Waals surface area contributed by atoms with Crippen LogP contribution in [-0.2, 0) is 16.0 Å². The molecule has 120 valence electrons. The van der Waals surface area contributed by atoms with Crippen molar-refractivity contribution in [3.8, 4) is 11.5 Å². The Morgan fingerprint density at radius 3 is 2.29 bits per heavy atom. The van der Waals surface area contributed by atoms with Crippen molar-refractivity contribution in [1.29, 1.82) is 0 Å². The standard InChI is InChI=1S/C15H23NO4.ClH/c1-4-18-13-8-7-11(10-14(13)19-5-2)9-12(16)15(17)20-6-3;/h7-8,10,12H,4-6,9,16H2,1-3H3;1H/t12-;/m0./s1. The molecular weight excluding hydrogens is 294 g/mol. The topological polar surface area (TPSA) is 70.8 Å². The summed E-state index contributed by atoms with van der Waals surface area (Å²) in [6.07, 6.45) is 0.408. The summed E-state index contributed by atoms with van der Waals surface area (Å²) in [5, 5.41) is 0. The third kappa shape index (κ3) is 6.23. The maximum atomic E-state index is 11.5. The molecule has 6 heteroatoms. The predicted molar refractivity (Wildman–Crippen MR) is 84.3 cm³/mol. The quantitative estimate of drug-likeness (QED) is 0.745. The van der Waals surface area contributed by atoms with E-state index < -0.39 is 6.04 Å². The second-order valence-corrected chi connectivity index (χ2v) is 4.21. The van der Waals surface area contributed by atoms with Crippen LogP contribution in [0.15, 0.2) is 18.2 Å². The highest BCUT2D eigenvalue weighted by atomic mass is 35.5. The van der Waals surface area contributed by atoms with Gasteiger partial charge in [-0.1, -0.05) is 6.07 Å². The van der Waals surface area contributed by atoms with Gasteiger partial charge in [-0.05, 0) is 44.9 Å². The summed E-state index contributed by atoms with van der Waals surface area (Å²) >= 11 is 0. The highest BCUT2D eigenvalue weighted by molar-refractivity contribution is 5.85. The molecule has 0 saturated carbocycles. The molecule has 0 aliphatic rings. The number of carbonyl (C=O) groups is 1. The van der Waals surface area contributed by atoms with Gasteiger partial charge < -0.3 is 19.9 Å². The van der Waals surface area contributed by atoms with Gasteiger partial charge in [0.1, 0.15) is 6.04 Å². The Bertz CT molecular complexity index is 440. The zero-order chi connectivity index (χ0) is 15.0. The molecule has 2 N–H and O–H groups in total. The van der Waals surface area contributed by atoms with Crippen LogP contribution in [0.1, 0.15) is 26.3 Å². The van der Waals surface area contributed by atoms with E-state index in [4.69, 9.17) is 19.9 Å². The Kier molecular flexibility index (Phi) is 9.58. The largest absolute Gasteiger partial charge is 0.490 e. The van der Waals surface area contributed by atoms with Crippen molar-refractivity contribution in [3.63, 3.8) is 0 Å². The van der Waals surface area contributed by atoms with Gasteiger partial charge in [0.25, 0.3) is 0 Å². The smallest absolute Gasteiger partial charge is 0.323 e. The van der Waals surface area contributed by atoms with Gasteiger partial charge in [-0.2, -0.15) is 0 Å². The van der Waals surface area contributed by atoms with Crippen LogP contribution >= 0.6 is 12.4 Å². The summed E-state index contributed by atoms with van der Waals surface area (Å²) in [5.74, 6) is 0.977. The van der Waals surface area contributed by atoms with E-state index in [1.807, 2.05) is 32.0 Å². The molecule has 0 aliphatic carbocycles. The molecule has 1 aromatic rings. The van der Waals surface area contributed by atoms with Gasteiger partial charge in [-0.15, -0.1) is 12.4 Å². The van der Waals surface area contributed by atoms with E-state index in [1.165, 1.54) is 0 Å². The third-order valence-electron chi connectivity index (χ3n) is 2.65. The molecule has 0 aliphatic heterocycles. The highest BCUT2D eigenvalue weighted by Gasteiger charge is 2.16. The summed E-state index contributed by atoms with van der Waals surface area (Å²) in [5.41, 5.74) is 6.72. The second-order valence-electron chi connectivity index (χ2n) is 4.21. The number of halogens is 1. The molecule has 0 unspecified atom stereocenters. The molecule has 1 rings (SSSR count). The van der Waals surface area contributed by atoms with E-state index in [9.17, 15) is 4.79 Å². The van der Waals surface area contributed by atoms with Gasteiger partial charge in [0.15, 0.2) is 11.5 Å². The molecule has 0 aromatic heterocycles. The van der Waals surface area contributed by atoms with E-state index in [1.54, 1.807) is 6.92 Å². The van der Waals surface area contributed by atoms with Crippen LogP contribution in [0.4, 0.5) is 0 Å². The first-order chi connectivity index (χ1) is 9.62. The maximum Gasteiger partial charge on any atom is 0.323 e. The van der Waals surface area contributed by atoms with E-state index in [0.717, 1.165) is 5.56 Å². The van der Waals surface area contributed by atoms with Crippen LogP contribution in [-0.4, -0.2) is 31.8 Å². The SMILES string of the molecule is CCOC(=O)[C@@H](N)Cc1ccc(OCC)c(OCC)c1.Cl. The molecule has 1 atom stereocenters. The zero-order valence-corrected chi connectivity index (χ0v) is 13.6. The summed E-state index contributed by atoms with van der Waals surface area (Å²) in [6, 6.07) is 4.91. The van der Waals surface area contributed by atoms with E-state index in [2.05, 4.69) is 0 Å². The molecule has 0 saturated heterocycles. The number of ether oxygens (including phenoxy) is 3. The van der Waals surface area contributed by atoms with Gasteiger partial charge >= 0.3 is 5.97 Å². The summed E-state index contributed by atoms with van der Waals surface area (Å²) in [6.45, 7) is 7.04. The van der Waals surface area contributed by atoms with Crippen LogP contribution in [0.2, 0.25) is 0 Å². The summed E-state index contributed by atoms with van der Waals surface area (Å²) in [7, 11) is 0. The van der Waals surface area contributed by atoms with Crippen LogP contribution in [0.3, 0.4) is 0 Å². The fourth-order valence-electron chi connectivity index (χ4n) is 1.81. The van der Waals surface area contributed by atoms with Gasteiger partial charge in [0.05, 0.1) is 19.8 Å². The Labute approximate surface area is 132 Å². The van der Waals surface area contributed by atoms with Gasteiger partial charge in [0, 0.05) is 0 Å². The Hall–Kier alpha value is -1.46. The number of hydrogen-bond acceptors (Lipinski definition) is 5. The highest BCUT2D eigenvalue weighted by Crippen LogP contribution is 2.28. The van der Waals surface area contributed by atoms with Crippen molar-refractivity contribution >= 4 is 18.4 Å². The number of carbonyl (C=O) groups excluding carboxylic acids is 1. The average Bonchev–Trinajstić information content (AvgIpc) is 2.42. The first-order valence-electron chi connectivity index (χ1n) is 6.93. The van der Waals surface area contributed by atoms with Gasteiger partial charge in [-0.25, -0.2) is 0 Å². The molecule has 21 heavy (non-hydrogen) atoms. The molecule has 0 amide bonds. The number of hydrogen-bond donors (Lipinski definition) is 1. The van der Waals surface area contributed by atoms with Crippen molar-refractivity contribution in [2.45, 2.75) is 33.2 Å². The minimum Gasteiger partial charge on any atom is -0.490 e. The normalized spacial score (nSPS) is 11.2. The minimum atomic E-state index is -0.664. The monoisotopic (exact) mass is 317 g/mol. The number of benzene rings is 1. The maximum absolute atomic E-state index is 11.5. The lowest BCUT2D eigenvalue weighted by molar-refractivity contribution is -0.144. The van der Waals surface area contributed by atoms with E-state index in [0.29, 0.717) is 37.7 Å². The molecule has 0 fully saturated rings. The van der Waals surface area contributed by atoms with Crippen molar-refractivity contribution < 1.29 is 19.0 Å². The van der Waals surface area contributed by atoms with Gasteiger partial charge in [0.2, 0.25) is 0 Å². The van der Waals surface area contributed by atoms with Crippen LogP contribution in [0, 0.1) is 0 Å². The van der Waals surface area contributed by atoms with Crippen molar-refractivity contribution in [2.24, 2.45) is 5.73 Å². The number of nitrogens with two attached hydrogens (primary N) is 1. The molecule has 5 nitrogen and oxygen atoms in total. The molecule has 0 bridgehead atoms. The van der Waals surface area contributed by atoms with Crippen molar-refractivity contribution in [2.75, 3.05) is 19.8 Å². The summed E-state index contributed by atoms with van der Waals surface area (Å²) < 4.78 is 15.9. The average molecular weight is 318 g/mol. The zero-order valence-electron chi connectivity index (χ0n) is 12.8. The van der Waals surface area contributed by atoms with Crippen molar-refractivity contribution in [3.05, 3.63) is 23.8 Å². The van der Waals surface area contributed by atoms with Crippen molar-refractivity contribution in [1.82, 2.24) is 0 Å². The lowest BCUT2D eigenvalue weighted by Gasteiger charge is -2.14.